The Balaban J connectivity index is 1.78. The highest BCUT2D eigenvalue weighted by Crippen LogP contribution is 2.40. The van der Waals surface area contributed by atoms with Crippen LogP contribution in [0.5, 0.6) is 5.75 Å². The topological polar surface area (TPSA) is 72.6 Å². The van der Waals surface area contributed by atoms with E-state index < -0.39 is 11.9 Å². The minimum Gasteiger partial charge on any atom is -0.497 e. The number of anilines is 1. The van der Waals surface area contributed by atoms with Gasteiger partial charge in [0.25, 0.3) is 5.91 Å². The fourth-order valence-corrected chi connectivity index (χ4v) is 3.88. The minimum absolute atomic E-state index is 0.0243. The van der Waals surface area contributed by atoms with Gasteiger partial charge in [-0.05, 0) is 42.0 Å². The van der Waals surface area contributed by atoms with Crippen molar-refractivity contribution in [2.24, 2.45) is 0 Å². The van der Waals surface area contributed by atoms with Crippen LogP contribution in [0, 0.1) is 0 Å². The Morgan fingerprint density at radius 2 is 1.80 bits per heavy atom. The lowest BCUT2D eigenvalue weighted by molar-refractivity contribution is 0.0970. The first-order valence-electron chi connectivity index (χ1n) is 9.23. The van der Waals surface area contributed by atoms with E-state index in [0.29, 0.717) is 33.1 Å². The van der Waals surface area contributed by atoms with Gasteiger partial charge in [0, 0.05) is 6.20 Å². The fourth-order valence-electron chi connectivity index (χ4n) is 3.77. The third kappa shape index (κ3) is 2.76. The smallest absolute Gasteiger partial charge is 0.296 e. The van der Waals surface area contributed by atoms with Crippen LogP contribution in [0.3, 0.4) is 0 Å². The van der Waals surface area contributed by atoms with Crippen LogP contribution < -0.4 is 15.1 Å². The number of nitrogens with zero attached hydrogens (tertiary/aromatic N) is 2. The maximum absolute atomic E-state index is 13.4. The van der Waals surface area contributed by atoms with E-state index in [1.807, 2.05) is 12.1 Å². The fraction of sp³-hybridized carbons (Fsp3) is 0.0870. The number of para-hydroxylation sites is 1. The molecular weight excluding hydrogens is 404 g/mol. The van der Waals surface area contributed by atoms with Gasteiger partial charge in [-0.3, -0.25) is 14.5 Å². The van der Waals surface area contributed by atoms with E-state index in [1.54, 1.807) is 55.6 Å². The quantitative estimate of drug-likeness (QED) is 0.486. The Kier molecular flexibility index (Phi) is 4.29. The first-order chi connectivity index (χ1) is 14.6. The largest absolute Gasteiger partial charge is 0.497 e. The summed E-state index contributed by atoms with van der Waals surface area (Å²) in [5.74, 6) is 0.643. The molecule has 2 aromatic heterocycles. The molecule has 5 rings (SSSR count). The number of carbonyl (C=O) groups is 1. The first-order valence-corrected chi connectivity index (χ1v) is 9.61. The highest BCUT2D eigenvalue weighted by Gasteiger charge is 2.44. The van der Waals surface area contributed by atoms with Crippen molar-refractivity contribution in [3.8, 4) is 5.75 Å². The molecule has 1 aliphatic rings. The number of benzene rings is 2. The van der Waals surface area contributed by atoms with Gasteiger partial charge in [0.2, 0.25) is 5.76 Å². The van der Waals surface area contributed by atoms with E-state index in [2.05, 4.69) is 4.98 Å². The summed E-state index contributed by atoms with van der Waals surface area (Å²) in [7, 11) is 1.58. The number of pyridine rings is 1. The van der Waals surface area contributed by atoms with E-state index in [9.17, 15) is 9.59 Å². The van der Waals surface area contributed by atoms with Gasteiger partial charge in [-0.15, -0.1) is 0 Å². The van der Waals surface area contributed by atoms with Crippen molar-refractivity contribution in [3.63, 3.8) is 0 Å². The molecule has 0 radical (unpaired) electrons. The van der Waals surface area contributed by atoms with Crippen LogP contribution in [-0.4, -0.2) is 18.0 Å². The molecule has 0 bridgehead atoms. The van der Waals surface area contributed by atoms with Gasteiger partial charge >= 0.3 is 0 Å². The van der Waals surface area contributed by atoms with Crippen molar-refractivity contribution in [2.45, 2.75) is 6.04 Å². The van der Waals surface area contributed by atoms with E-state index in [1.165, 1.54) is 11.1 Å². The Morgan fingerprint density at radius 3 is 2.50 bits per heavy atom. The number of amides is 1. The highest BCUT2D eigenvalue weighted by molar-refractivity contribution is 6.30. The predicted octanol–water partition coefficient (Wildman–Crippen LogP) is 4.60. The van der Waals surface area contributed by atoms with Crippen molar-refractivity contribution >= 4 is 34.3 Å². The number of aromatic nitrogens is 1. The summed E-state index contributed by atoms with van der Waals surface area (Å²) in [6.07, 6.45) is 1.46. The highest BCUT2D eigenvalue weighted by atomic mass is 35.5. The van der Waals surface area contributed by atoms with Gasteiger partial charge < -0.3 is 9.15 Å². The molecule has 1 amide bonds. The zero-order valence-electron chi connectivity index (χ0n) is 15.8. The number of fused-ring (bicyclic) bond motifs is 2. The zero-order valence-corrected chi connectivity index (χ0v) is 16.6. The number of halogens is 1. The van der Waals surface area contributed by atoms with Gasteiger partial charge in [-0.1, -0.05) is 35.9 Å². The average Bonchev–Trinajstić information content (AvgIpc) is 3.07. The second-order valence-corrected chi connectivity index (χ2v) is 7.29. The number of hydrogen-bond donors (Lipinski definition) is 0. The normalized spacial score (nSPS) is 15.5. The van der Waals surface area contributed by atoms with E-state index in [4.69, 9.17) is 20.8 Å². The number of rotatable bonds is 3. The summed E-state index contributed by atoms with van der Waals surface area (Å²) in [5.41, 5.74) is 1.16. The lowest BCUT2D eigenvalue weighted by Gasteiger charge is -2.24. The van der Waals surface area contributed by atoms with Crippen LogP contribution in [0.25, 0.3) is 11.0 Å². The molecule has 7 heteroatoms. The lowest BCUT2D eigenvalue weighted by atomic mass is 9.98. The molecule has 1 aliphatic heterocycles. The third-order valence-corrected chi connectivity index (χ3v) is 5.39. The molecule has 0 saturated heterocycles. The van der Waals surface area contributed by atoms with E-state index in [-0.39, 0.29) is 11.2 Å². The second-order valence-electron chi connectivity index (χ2n) is 6.86. The predicted molar refractivity (Wildman–Crippen MR) is 113 cm³/mol. The summed E-state index contributed by atoms with van der Waals surface area (Å²) >= 11 is 5.98. The van der Waals surface area contributed by atoms with Gasteiger partial charge in [-0.25, -0.2) is 4.98 Å². The molecular formula is C23H15ClN2O4. The molecule has 1 atom stereocenters. The standard InChI is InChI=1S/C23H15ClN2O4/c1-29-15-9-6-13(7-10-15)20-19-21(27)16-4-2-3-5-17(16)30-22(19)23(28)26(20)18-11-8-14(24)12-25-18/h2-12,20H,1H3. The maximum atomic E-state index is 13.4. The van der Waals surface area contributed by atoms with Crippen LogP contribution in [-0.2, 0) is 0 Å². The number of ether oxygens (including phenoxy) is 1. The van der Waals surface area contributed by atoms with Crippen LogP contribution in [0.4, 0.5) is 5.82 Å². The van der Waals surface area contributed by atoms with Crippen molar-refractivity contribution in [3.05, 3.63) is 99.0 Å². The molecule has 2 aromatic carbocycles. The summed E-state index contributed by atoms with van der Waals surface area (Å²) < 4.78 is 11.1. The Bertz CT molecular complexity index is 1330. The third-order valence-electron chi connectivity index (χ3n) is 5.17. The molecule has 1 unspecified atom stereocenters. The van der Waals surface area contributed by atoms with Gasteiger partial charge in [-0.2, -0.15) is 0 Å². The van der Waals surface area contributed by atoms with Crippen molar-refractivity contribution in [1.82, 2.24) is 4.98 Å². The molecule has 0 spiro atoms. The maximum Gasteiger partial charge on any atom is 0.296 e. The van der Waals surface area contributed by atoms with Crippen molar-refractivity contribution < 1.29 is 13.9 Å². The molecule has 3 heterocycles. The average molecular weight is 419 g/mol. The van der Waals surface area contributed by atoms with E-state index in [0.717, 1.165) is 5.56 Å². The molecule has 0 N–H and O–H groups in total. The zero-order chi connectivity index (χ0) is 20.8. The van der Waals surface area contributed by atoms with Gasteiger partial charge in [0.15, 0.2) is 5.43 Å². The molecule has 30 heavy (non-hydrogen) atoms. The van der Waals surface area contributed by atoms with Gasteiger partial charge in [0.1, 0.15) is 17.2 Å². The van der Waals surface area contributed by atoms with Crippen LogP contribution >= 0.6 is 11.6 Å². The molecule has 0 saturated carbocycles. The molecule has 0 aliphatic carbocycles. The minimum atomic E-state index is -0.687. The summed E-state index contributed by atoms with van der Waals surface area (Å²) in [6, 6.07) is 16.7. The molecule has 6 nitrogen and oxygen atoms in total. The molecule has 148 valence electrons. The monoisotopic (exact) mass is 418 g/mol. The molecule has 0 fully saturated rings. The summed E-state index contributed by atoms with van der Waals surface area (Å²) in [4.78, 5) is 32.6. The number of carbonyl (C=O) groups excluding carboxylic acids is 1. The first kappa shape index (κ1) is 18.4. The summed E-state index contributed by atoms with van der Waals surface area (Å²) in [5, 5.41) is 0.873. The van der Waals surface area contributed by atoms with Crippen molar-refractivity contribution in [2.75, 3.05) is 12.0 Å². The number of hydrogen-bond acceptors (Lipinski definition) is 5. The Hall–Kier alpha value is -3.64. The van der Waals surface area contributed by atoms with Crippen LogP contribution in [0.2, 0.25) is 5.02 Å². The number of methoxy groups -OCH3 is 1. The van der Waals surface area contributed by atoms with Crippen LogP contribution in [0.1, 0.15) is 27.7 Å². The second kappa shape index (κ2) is 7.00. The molecule has 4 aromatic rings. The van der Waals surface area contributed by atoms with Crippen LogP contribution in [0.15, 0.2) is 76.1 Å². The SMILES string of the molecule is COc1ccc(C2c3c(oc4ccccc4c3=O)C(=O)N2c2ccc(Cl)cn2)cc1. The van der Waals surface area contributed by atoms with Gasteiger partial charge in [0.05, 0.1) is 29.1 Å². The summed E-state index contributed by atoms with van der Waals surface area (Å²) in [6.45, 7) is 0. The Labute approximate surface area is 176 Å². The van der Waals surface area contributed by atoms with E-state index >= 15 is 0 Å². The Morgan fingerprint density at radius 1 is 1.03 bits per heavy atom. The van der Waals surface area contributed by atoms with Crippen molar-refractivity contribution in [1.29, 1.82) is 0 Å². The lowest BCUT2D eigenvalue weighted by Crippen LogP contribution is -2.30.